The van der Waals surface area contributed by atoms with Gasteiger partial charge >= 0.3 is 0 Å². The fraction of sp³-hybridized carbons (Fsp3) is 0.0833. The third kappa shape index (κ3) is 3.26. The summed E-state index contributed by atoms with van der Waals surface area (Å²) in [5.74, 6) is 0.594. The third-order valence-corrected chi connectivity index (χ3v) is 5.49. The molecule has 0 atom stereocenters. The summed E-state index contributed by atoms with van der Waals surface area (Å²) in [6.45, 7) is 0. The van der Waals surface area contributed by atoms with Crippen LogP contribution in [0.3, 0.4) is 0 Å². The first-order valence-corrected chi connectivity index (χ1v) is 10.4. The van der Waals surface area contributed by atoms with Crippen molar-refractivity contribution in [2.24, 2.45) is 0 Å². The second-order valence-corrected chi connectivity index (χ2v) is 7.85. The van der Waals surface area contributed by atoms with Crippen LogP contribution in [0.4, 0.5) is 5.69 Å². The van der Waals surface area contributed by atoms with E-state index in [4.69, 9.17) is 9.97 Å². The van der Waals surface area contributed by atoms with E-state index in [9.17, 15) is 0 Å². The largest absolute Gasteiger partial charge is 0.376 e. The molecule has 9 nitrogen and oxygen atoms in total. The van der Waals surface area contributed by atoms with Crippen molar-refractivity contribution in [1.29, 1.82) is 0 Å². The Kier molecular flexibility index (Phi) is 4.32. The van der Waals surface area contributed by atoms with Crippen molar-refractivity contribution in [3.63, 3.8) is 0 Å². The highest BCUT2D eigenvalue weighted by molar-refractivity contribution is 5.94. The number of hydrogen-bond acceptors (Lipinski definition) is 7. The van der Waals surface area contributed by atoms with Crippen LogP contribution in [0.15, 0.2) is 67.3 Å². The summed E-state index contributed by atoms with van der Waals surface area (Å²) in [6, 6.07) is 13.7. The standard InChI is InChI=1S/C24H19N9/c1-33(2)15-11-14(12-25-13-15)17-6-7-19-21(28-17)22(32-31-19)24-29-20-16(8-10-27-23(20)30-24)18-5-3-4-9-26-18/h3-13H,1-2H3,(H,31,32)(H,27,29,30). The minimum Gasteiger partial charge on any atom is -0.376 e. The molecule has 0 aliphatic rings. The molecule has 6 aromatic heterocycles. The number of pyridine rings is 4. The third-order valence-electron chi connectivity index (χ3n) is 5.49. The highest BCUT2D eigenvalue weighted by Gasteiger charge is 2.17. The normalized spacial score (nSPS) is 11.3. The van der Waals surface area contributed by atoms with E-state index in [1.165, 1.54) is 0 Å². The average molecular weight is 433 g/mol. The van der Waals surface area contributed by atoms with Gasteiger partial charge in [-0.15, -0.1) is 0 Å². The lowest BCUT2D eigenvalue weighted by Gasteiger charge is -2.12. The lowest BCUT2D eigenvalue weighted by atomic mass is 10.1. The smallest absolute Gasteiger partial charge is 0.162 e. The molecule has 33 heavy (non-hydrogen) atoms. The first kappa shape index (κ1) is 19.1. The van der Waals surface area contributed by atoms with Crippen molar-refractivity contribution in [1.82, 2.24) is 40.1 Å². The number of aromatic amines is 2. The van der Waals surface area contributed by atoms with Crippen LogP contribution in [0.25, 0.3) is 56.2 Å². The number of imidazole rings is 1. The van der Waals surface area contributed by atoms with E-state index in [1.54, 1.807) is 12.4 Å². The van der Waals surface area contributed by atoms with Crippen molar-refractivity contribution in [2.45, 2.75) is 0 Å². The van der Waals surface area contributed by atoms with Crippen LogP contribution < -0.4 is 4.90 Å². The van der Waals surface area contributed by atoms with Crippen LogP contribution in [0, 0.1) is 0 Å². The van der Waals surface area contributed by atoms with Gasteiger partial charge in [0, 0.05) is 43.8 Å². The summed E-state index contributed by atoms with van der Waals surface area (Å²) in [5, 5.41) is 7.55. The van der Waals surface area contributed by atoms with Crippen LogP contribution >= 0.6 is 0 Å². The Labute approximate surface area is 188 Å². The maximum Gasteiger partial charge on any atom is 0.162 e. The topological polar surface area (TPSA) is 112 Å². The van der Waals surface area contributed by atoms with E-state index in [0.29, 0.717) is 17.2 Å². The summed E-state index contributed by atoms with van der Waals surface area (Å²) in [6.07, 6.45) is 7.15. The van der Waals surface area contributed by atoms with Gasteiger partial charge in [-0.3, -0.25) is 15.1 Å². The number of rotatable bonds is 4. The predicted molar refractivity (Wildman–Crippen MR) is 128 cm³/mol. The molecule has 0 bridgehead atoms. The molecule has 0 aliphatic heterocycles. The molecule has 0 spiro atoms. The summed E-state index contributed by atoms with van der Waals surface area (Å²) in [4.78, 5) is 28.3. The molecule has 0 amide bonds. The van der Waals surface area contributed by atoms with Gasteiger partial charge in [0.1, 0.15) is 11.0 Å². The van der Waals surface area contributed by atoms with E-state index in [1.807, 2.05) is 67.8 Å². The van der Waals surface area contributed by atoms with Crippen LogP contribution in [-0.4, -0.2) is 54.2 Å². The molecule has 0 radical (unpaired) electrons. The zero-order valence-electron chi connectivity index (χ0n) is 18.0. The van der Waals surface area contributed by atoms with E-state index >= 15 is 0 Å². The maximum atomic E-state index is 4.89. The molecule has 6 rings (SSSR count). The molecule has 9 heteroatoms. The molecule has 2 N–H and O–H groups in total. The zero-order valence-corrected chi connectivity index (χ0v) is 18.0. The van der Waals surface area contributed by atoms with Crippen molar-refractivity contribution >= 4 is 27.9 Å². The highest BCUT2D eigenvalue weighted by Crippen LogP contribution is 2.30. The van der Waals surface area contributed by atoms with Gasteiger partial charge in [0.2, 0.25) is 0 Å². The van der Waals surface area contributed by atoms with E-state index in [-0.39, 0.29) is 0 Å². The number of nitrogens with one attached hydrogen (secondary N) is 2. The summed E-state index contributed by atoms with van der Waals surface area (Å²) >= 11 is 0. The molecule has 6 heterocycles. The number of fused-ring (bicyclic) bond motifs is 2. The first-order valence-electron chi connectivity index (χ1n) is 10.4. The summed E-state index contributed by atoms with van der Waals surface area (Å²) in [7, 11) is 3.97. The second-order valence-electron chi connectivity index (χ2n) is 7.85. The van der Waals surface area contributed by atoms with Crippen molar-refractivity contribution < 1.29 is 0 Å². The molecule has 0 saturated carbocycles. The molecular weight excluding hydrogens is 414 g/mol. The lowest BCUT2D eigenvalue weighted by molar-refractivity contribution is 1.10. The number of nitrogens with zero attached hydrogens (tertiary/aromatic N) is 7. The van der Waals surface area contributed by atoms with Gasteiger partial charge in [-0.1, -0.05) is 6.07 Å². The maximum absolute atomic E-state index is 4.89. The minimum absolute atomic E-state index is 0.594. The number of aromatic nitrogens is 8. The second kappa shape index (κ2) is 7.49. The molecular formula is C24H19N9. The van der Waals surface area contributed by atoms with Crippen LogP contribution in [0.5, 0.6) is 0 Å². The molecule has 0 aliphatic carbocycles. The van der Waals surface area contributed by atoms with Gasteiger partial charge < -0.3 is 9.88 Å². The average Bonchev–Trinajstić information content (AvgIpc) is 3.48. The minimum atomic E-state index is 0.594. The highest BCUT2D eigenvalue weighted by atomic mass is 15.2. The first-order chi connectivity index (χ1) is 16.2. The fourth-order valence-electron chi connectivity index (χ4n) is 3.79. The molecule has 0 fully saturated rings. The summed E-state index contributed by atoms with van der Waals surface area (Å²) in [5.41, 5.74) is 8.07. The Morgan fingerprint density at radius 2 is 1.79 bits per heavy atom. The quantitative estimate of drug-likeness (QED) is 0.431. The van der Waals surface area contributed by atoms with Crippen LogP contribution in [0.1, 0.15) is 0 Å². The summed E-state index contributed by atoms with van der Waals surface area (Å²) < 4.78 is 0. The van der Waals surface area contributed by atoms with E-state index in [2.05, 4.69) is 36.2 Å². The number of anilines is 1. The van der Waals surface area contributed by atoms with E-state index < -0.39 is 0 Å². The van der Waals surface area contributed by atoms with Crippen molar-refractivity contribution in [3.8, 4) is 34.0 Å². The monoisotopic (exact) mass is 433 g/mol. The Hall–Kier alpha value is -4.66. The van der Waals surface area contributed by atoms with Crippen molar-refractivity contribution in [2.75, 3.05) is 19.0 Å². The SMILES string of the molecule is CN(C)c1cncc(-c2ccc3[nH]nc(-c4nc5c(-c6ccccn6)ccnc5[nH]4)c3n2)c1. The molecule has 0 aromatic carbocycles. The Balaban J connectivity index is 1.48. The number of hydrogen-bond donors (Lipinski definition) is 2. The Morgan fingerprint density at radius 3 is 2.64 bits per heavy atom. The van der Waals surface area contributed by atoms with Gasteiger partial charge in [0.05, 0.1) is 28.8 Å². The lowest BCUT2D eigenvalue weighted by Crippen LogP contribution is -2.08. The fourth-order valence-corrected chi connectivity index (χ4v) is 3.79. The molecule has 160 valence electrons. The molecule has 6 aromatic rings. The Morgan fingerprint density at radius 1 is 0.848 bits per heavy atom. The Bertz CT molecular complexity index is 1600. The van der Waals surface area contributed by atoms with Crippen molar-refractivity contribution in [3.05, 3.63) is 67.3 Å². The zero-order chi connectivity index (χ0) is 22.4. The van der Waals surface area contributed by atoms with E-state index in [0.717, 1.165) is 44.8 Å². The molecule has 0 saturated heterocycles. The van der Waals surface area contributed by atoms with Crippen LogP contribution in [-0.2, 0) is 0 Å². The van der Waals surface area contributed by atoms with Crippen LogP contribution in [0.2, 0.25) is 0 Å². The van der Waals surface area contributed by atoms with Gasteiger partial charge in [-0.05, 0) is 36.4 Å². The van der Waals surface area contributed by atoms with Gasteiger partial charge in [-0.25, -0.2) is 15.0 Å². The number of H-pyrrole nitrogens is 2. The van der Waals surface area contributed by atoms with Gasteiger partial charge in [-0.2, -0.15) is 5.10 Å². The van der Waals surface area contributed by atoms with Gasteiger partial charge in [0.25, 0.3) is 0 Å². The van der Waals surface area contributed by atoms with Gasteiger partial charge in [0.15, 0.2) is 17.2 Å². The predicted octanol–water partition coefficient (Wildman–Crippen LogP) is 4.09. The molecule has 0 unspecified atom stereocenters.